The predicted molar refractivity (Wildman–Crippen MR) is 48.5 cm³/mol. The van der Waals surface area contributed by atoms with Gasteiger partial charge in [-0.15, -0.1) is 0 Å². The Morgan fingerprint density at radius 1 is 1.58 bits per heavy atom. The highest BCUT2D eigenvalue weighted by Gasteiger charge is 1.94. The zero-order chi connectivity index (χ0) is 9.40. The Hall–Kier alpha value is -1.23. The summed E-state index contributed by atoms with van der Waals surface area (Å²) < 4.78 is 4.74. The van der Waals surface area contributed by atoms with E-state index < -0.39 is 5.97 Å². The third-order valence-electron chi connectivity index (χ3n) is 1.02. The van der Waals surface area contributed by atoms with Crippen LogP contribution in [-0.4, -0.2) is 12.6 Å². The number of carbonyl (C=O) groups is 1. The summed E-state index contributed by atoms with van der Waals surface area (Å²) in [6.45, 7) is 7.67. The van der Waals surface area contributed by atoms with Gasteiger partial charge in [-0.05, 0) is 18.9 Å². The largest absolute Gasteiger partial charge is 0.452 e. The van der Waals surface area contributed by atoms with E-state index in [4.69, 9.17) is 4.74 Å². The monoisotopic (exact) mass is 166 g/mol. The SMILES string of the molecule is C=C(C)COC(=O)C#CCCC. The summed E-state index contributed by atoms with van der Waals surface area (Å²) >= 11 is 0. The summed E-state index contributed by atoms with van der Waals surface area (Å²) in [6, 6.07) is 0. The minimum atomic E-state index is -0.466. The third-order valence-corrected chi connectivity index (χ3v) is 1.02. The van der Waals surface area contributed by atoms with E-state index in [0.717, 1.165) is 18.4 Å². The lowest BCUT2D eigenvalue weighted by atomic mass is 10.3. The van der Waals surface area contributed by atoms with Gasteiger partial charge in [-0.3, -0.25) is 0 Å². The van der Waals surface area contributed by atoms with Gasteiger partial charge in [0.25, 0.3) is 0 Å². The average Bonchev–Trinajstić information content (AvgIpc) is 2.01. The van der Waals surface area contributed by atoms with Gasteiger partial charge >= 0.3 is 5.97 Å². The van der Waals surface area contributed by atoms with Crippen LogP contribution >= 0.6 is 0 Å². The topological polar surface area (TPSA) is 26.3 Å². The van der Waals surface area contributed by atoms with E-state index in [0.29, 0.717) is 0 Å². The van der Waals surface area contributed by atoms with Gasteiger partial charge in [0.05, 0.1) is 0 Å². The summed E-state index contributed by atoms with van der Waals surface area (Å²) in [6.07, 6.45) is 1.70. The molecule has 0 aromatic rings. The van der Waals surface area contributed by atoms with E-state index in [9.17, 15) is 4.79 Å². The molecule has 0 saturated carbocycles. The van der Waals surface area contributed by atoms with Crippen molar-refractivity contribution in [3.63, 3.8) is 0 Å². The molecule has 2 heteroatoms. The van der Waals surface area contributed by atoms with Crippen LogP contribution < -0.4 is 0 Å². The lowest BCUT2D eigenvalue weighted by Gasteiger charge is -1.97. The van der Waals surface area contributed by atoms with Crippen LogP contribution in [0.4, 0.5) is 0 Å². The Morgan fingerprint density at radius 2 is 2.25 bits per heavy atom. The Balaban J connectivity index is 3.61. The molecule has 0 N–H and O–H groups in total. The number of hydrogen-bond acceptors (Lipinski definition) is 2. The van der Waals surface area contributed by atoms with Gasteiger partial charge in [0.1, 0.15) is 6.61 Å². The van der Waals surface area contributed by atoms with Crippen LogP contribution in [0.15, 0.2) is 12.2 Å². The highest BCUT2D eigenvalue weighted by Crippen LogP contribution is 1.88. The Labute approximate surface area is 73.6 Å². The molecule has 0 aromatic carbocycles. The van der Waals surface area contributed by atoms with Crippen molar-refractivity contribution in [1.82, 2.24) is 0 Å². The van der Waals surface area contributed by atoms with Gasteiger partial charge in [0, 0.05) is 12.3 Å². The lowest BCUT2D eigenvalue weighted by molar-refractivity contribution is -0.135. The molecule has 0 aliphatic rings. The number of rotatable bonds is 3. The summed E-state index contributed by atoms with van der Waals surface area (Å²) in [7, 11) is 0. The van der Waals surface area contributed by atoms with Crippen molar-refractivity contribution in [3.8, 4) is 11.8 Å². The molecule has 0 atom stereocenters. The van der Waals surface area contributed by atoms with Gasteiger partial charge in [-0.25, -0.2) is 4.79 Å². The molecule has 0 unspecified atom stereocenters. The van der Waals surface area contributed by atoms with E-state index >= 15 is 0 Å². The molecule has 0 aromatic heterocycles. The van der Waals surface area contributed by atoms with E-state index in [-0.39, 0.29) is 6.61 Å². The molecule has 0 rings (SSSR count). The van der Waals surface area contributed by atoms with Crippen molar-refractivity contribution >= 4 is 5.97 Å². The van der Waals surface area contributed by atoms with E-state index in [1.807, 2.05) is 6.92 Å². The molecule has 0 aliphatic heterocycles. The van der Waals surface area contributed by atoms with E-state index in [2.05, 4.69) is 18.4 Å². The van der Waals surface area contributed by atoms with Crippen LogP contribution in [0.25, 0.3) is 0 Å². The summed E-state index contributed by atoms with van der Waals surface area (Å²) in [5.41, 5.74) is 0.820. The van der Waals surface area contributed by atoms with Gasteiger partial charge in [0.2, 0.25) is 0 Å². The quantitative estimate of drug-likeness (QED) is 0.277. The standard InChI is InChI=1S/C10H14O2/c1-4-5-6-7-10(11)12-8-9(2)3/h2,4-5,8H2,1,3H3. The highest BCUT2D eigenvalue weighted by atomic mass is 16.5. The minimum Gasteiger partial charge on any atom is -0.452 e. The normalized spacial score (nSPS) is 8.17. The van der Waals surface area contributed by atoms with Crippen LogP contribution in [0.3, 0.4) is 0 Å². The molecule has 0 fully saturated rings. The first kappa shape index (κ1) is 10.8. The zero-order valence-corrected chi connectivity index (χ0v) is 7.64. The zero-order valence-electron chi connectivity index (χ0n) is 7.64. The van der Waals surface area contributed by atoms with Crippen LogP contribution in [-0.2, 0) is 9.53 Å². The Kier molecular flexibility index (Phi) is 5.81. The molecule has 0 heterocycles. The summed E-state index contributed by atoms with van der Waals surface area (Å²) in [4.78, 5) is 10.8. The predicted octanol–water partition coefficient (Wildman–Crippen LogP) is 1.91. The number of esters is 1. The average molecular weight is 166 g/mol. The first-order valence-corrected chi connectivity index (χ1v) is 3.96. The van der Waals surface area contributed by atoms with Crippen LogP contribution in [0.2, 0.25) is 0 Å². The summed E-state index contributed by atoms with van der Waals surface area (Å²) in [5, 5.41) is 0. The molecular formula is C10H14O2. The van der Waals surface area contributed by atoms with Gasteiger partial charge in [-0.1, -0.05) is 19.4 Å². The van der Waals surface area contributed by atoms with Crippen LogP contribution in [0.1, 0.15) is 26.7 Å². The first-order chi connectivity index (χ1) is 5.66. The van der Waals surface area contributed by atoms with Crippen molar-refractivity contribution in [2.24, 2.45) is 0 Å². The fourth-order valence-corrected chi connectivity index (χ4v) is 0.485. The number of unbranched alkanes of at least 4 members (excludes halogenated alkanes) is 1. The van der Waals surface area contributed by atoms with Gasteiger partial charge in [-0.2, -0.15) is 0 Å². The third kappa shape index (κ3) is 6.88. The molecule has 66 valence electrons. The fraction of sp³-hybridized carbons (Fsp3) is 0.500. The van der Waals surface area contributed by atoms with Crippen LogP contribution in [0.5, 0.6) is 0 Å². The van der Waals surface area contributed by atoms with Crippen molar-refractivity contribution in [3.05, 3.63) is 12.2 Å². The molecule has 0 bridgehead atoms. The Morgan fingerprint density at radius 3 is 2.75 bits per heavy atom. The van der Waals surface area contributed by atoms with Crippen molar-refractivity contribution in [1.29, 1.82) is 0 Å². The molecule has 0 radical (unpaired) electrons. The molecule has 2 nitrogen and oxygen atoms in total. The highest BCUT2D eigenvalue weighted by molar-refractivity contribution is 5.88. The summed E-state index contributed by atoms with van der Waals surface area (Å²) in [5.74, 6) is 4.62. The number of ether oxygens (including phenoxy) is 1. The molecule has 12 heavy (non-hydrogen) atoms. The minimum absolute atomic E-state index is 0.264. The number of carbonyl (C=O) groups excluding carboxylic acids is 1. The second-order valence-electron chi connectivity index (χ2n) is 2.59. The smallest absolute Gasteiger partial charge is 0.384 e. The van der Waals surface area contributed by atoms with E-state index in [1.165, 1.54) is 0 Å². The molecular weight excluding hydrogens is 152 g/mol. The molecule has 0 aliphatic carbocycles. The van der Waals surface area contributed by atoms with Crippen molar-refractivity contribution < 1.29 is 9.53 Å². The van der Waals surface area contributed by atoms with Crippen LogP contribution in [0, 0.1) is 11.8 Å². The van der Waals surface area contributed by atoms with E-state index in [1.54, 1.807) is 6.92 Å². The molecule has 0 spiro atoms. The Bertz CT molecular complexity index is 218. The maximum absolute atomic E-state index is 10.8. The fourth-order valence-electron chi connectivity index (χ4n) is 0.485. The van der Waals surface area contributed by atoms with Crippen molar-refractivity contribution in [2.75, 3.05) is 6.61 Å². The second kappa shape index (κ2) is 6.48. The maximum Gasteiger partial charge on any atom is 0.384 e. The van der Waals surface area contributed by atoms with Gasteiger partial charge in [0.15, 0.2) is 0 Å². The molecule has 0 saturated heterocycles. The van der Waals surface area contributed by atoms with Crippen molar-refractivity contribution in [2.45, 2.75) is 26.7 Å². The number of hydrogen-bond donors (Lipinski definition) is 0. The maximum atomic E-state index is 10.8. The molecule has 0 amide bonds. The first-order valence-electron chi connectivity index (χ1n) is 3.96. The van der Waals surface area contributed by atoms with Gasteiger partial charge < -0.3 is 4.74 Å². The lowest BCUT2D eigenvalue weighted by Crippen LogP contribution is -2.02. The second-order valence-corrected chi connectivity index (χ2v) is 2.59.